The molecule has 0 aliphatic rings. The maximum Gasteiger partial charge on any atom is 0.119 e. The highest BCUT2D eigenvalue weighted by Crippen LogP contribution is 2.17. The molecule has 1 N–H and O–H groups in total. The van der Waals surface area contributed by atoms with Gasteiger partial charge in [0.2, 0.25) is 0 Å². The molecule has 19 heavy (non-hydrogen) atoms. The van der Waals surface area contributed by atoms with Crippen LogP contribution in [0.4, 0.5) is 0 Å². The van der Waals surface area contributed by atoms with E-state index in [4.69, 9.17) is 4.74 Å². The number of thiophene rings is 1. The fraction of sp³-hybridized carbons (Fsp3) is 0.375. The van der Waals surface area contributed by atoms with Crippen molar-refractivity contribution in [2.45, 2.75) is 33.4 Å². The third kappa shape index (κ3) is 4.08. The first kappa shape index (κ1) is 14.1. The zero-order chi connectivity index (χ0) is 13.5. The monoisotopic (exact) mass is 275 g/mol. The minimum atomic E-state index is 0.714. The molecule has 1 heterocycles. The second kappa shape index (κ2) is 7.31. The minimum absolute atomic E-state index is 0.714. The van der Waals surface area contributed by atoms with E-state index in [0.717, 1.165) is 25.3 Å². The van der Waals surface area contributed by atoms with Crippen molar-refractivity contribution < 1.29 is 4.74 Å². The van der Waals surface area contributed by atoms with E-state index < -0.39 is 0 Å². The van der Waals surface area contributed by atoms with Gasteiger partial charge in [-0.15, -0.1) is 11.3 Å². The van der Waals surface area contributed by atoms with Crippen LogP contribution in [0.3, 0.4) is 0 Å². The van der Waals surface area contributed by atoms with E-state index in [1.54, 1.807) is 0 Å². The van der Waals surface area contributed by atoms with Crippen LogP contribution in [0.1, 0.15) is 29.9 Å². The first-order chi connectivity index (χ1) is 9.33. The molecule has 2 rings (SSSR count). The summed E-state index contributed by atoms with van der Waals surface area (Å²) in [4.78, 5) is 1.45. The van der Waals surface area contributed by atoms with Crippen LogP contribution in [0, 0.1) is 0 Å². The van der Waals surface area contributed by atoms with Crippen LogP contribution in [0.25, 0.3) is 0 Å². The lowest BCUT2D eigenvalue weighted by molar-refractivity contribution is 0.340. The van der Waals surface area contributed by atoms with Gasteiger partial charge in [0.05, 0.1) is 6.61 Å². The summed E-state index contributed by atoms with van der Waals surface area (Å²) in [5.74, 6) is 0.951. The Labute approximate surface area is 119 Å². The van der Waals surface area contributed by atoms with Crippen molar-refractivity contribution >= 4 is 11.3 Å². The number of benzene rings is 1. The summed E-state index contributed by atoms with van der Waals surface area (Å²) < 4.78 is 5.51. The van der Waals surface area contributed by atoms with Crippen LogP contribution in [0.5, 0.6) is 5.75 Å². The average Bonchev–Trinajstić information content (AvgIpc) is 2.87. The average molecular weight is 275 g/mol. The van der Waals surface area contributed by atoms with Gasteiger partial charge in [-0.2, -0.15) is 0 Å². The number of nitrogens with one attached hydrogen (secondary N) is 1. The molecule has 0 aliphatic carbocycles. The Morgan fingerprint density at radius 1 is 1.16 bits per heavy atom. The van der Waals surface area contributed by atoms with Crippen LogP contribution >= 0.6 is 11.3 Å². The summed E-state index contributed by atoms with van der Waals surface area (Å²) in [6.45, 7) is 6.75. The number of aryl methyl sites for hydroxylation is 1. The van der Waals surface area contributed by atoms with Crippen LogP contribution in [0.2, 0.25) is 0 Å². The van der Waals surface area contributed by atoms with Crippen molar-refractivity contribution in [1.29, 1.82) is 0 Å². The predicted molar refractivity (Wildman–Crippen MR) is 81.9 cm³/mol. The molecule has 0 atom stereocenters. The molecule has 0 bridgehead atoms. The molecule has 102 valence electrons. The van der Waals surface area contributed by atoms with Gasteiger partial charge in [-0.25, -0.2) is 0 Å². The highest BCUT2D eigenvalue weighted by molar-refractivity contribution is 7.10. The molecular formula is C16H21NOS. The summed E-state index contributed by atoms with van der Waals surface area (Å²) in [6.07, 6.45) is 1.11. The van der Waals surface area contributed by atoms with Gasteiger partial charge in [0, 0.05) is 18.0 Å². The highest BCUT2D eigenvalue weighted by Gasteiger charge is 2.02. The van der Waals surface area contributed by atoms with E-state index in [0.29, 0.717) is 6.61 Å². The summed E-state index contributed by atoms with van der Waals surface area (Å²) in [7, 11) is 0. The van der Waals surface area contributed by atoms with Crippen LogP contribution in [-0.2, 0) is 19.5 Å². The molecular weight excluding hydrogens is 254 g/mol. The van der Waals surface area contributed by atoms with E-state index in [2.05, 4.69) is 35.8 Å². The normalized spacial score (nSPS) is 10.6. The molecule has 0 aliphatic heterocycles. The van der Waals surface area contributed by atoms with Crippen molar-refractivity contribution in [2.24, 2.45) is 0 Å². The topological polar surface area (TPSA) is 21.3 Å². The zero-order valence-electron chi connectivity index (χ0n) is 11.6. The molecule has 0 fully saturated rings. The molecule has 1 aromatic heterocycles. The van der Waals surface area contributed by atoms with Gasteiger partial charge in [-0.05, 0) is 48.1 Å². The quantitative estimate of drug-likeness (QED) is 0.824. The van der Waals surface area contributed by atoms with Crippen LogP contribution < -0.4 is 10.1 Å². The minimum Gasteiger partial charge on any atom is -0.494 e. The Kier molecular flexibility index (Phi) is 5.43. The number of hydrogen-bond donors (Lipinski definition) is 1. The molecule has 2 nitrogen and oxygen atoms in total. The van der Waals surface area contributed by atoms with E-state index in [1.807, 2.05) is 30.4 Å². The largest absolute Gasteiger partial charge is 0.494 e. The van der Waals surface area contributed by atoms with Crippen molar-refractivity contribution in [3.05, 3.63) is 51.7 Å². The third-order valence-corrected chi connectivity index (χ3v) is 4.01. The lowest BCUT2D eigenvalue weighted by Gasteiger charge is -2.08. The Bertz CT molecular complexity index is 507. The standard InChI is InChI=1S/C16H21NOS/c1-3-14-8-9-19-16(14)12-17-11-13-6-5-7-15(10-13)18-4-2/h5-10,17H,3-4,11-12H2,1-2H3. The molecule has 3 heteroatoms. The van der Waals surface area contributed by atoms with Crippen molar-refractivity contribution in [2.75, 3.05) is 6.61 Å². The van der Waals surface area contributed by atoms with Crippen LogP contribution in [-0.4, -0.2) is 6.61 Å². The zero-order valence-corrected chi connectivity index (χ0v) is 12.4. The van der Waals surface area contributed by atoms with E-state index in [1.165, 1.54) is 16.0 Å². The number of hydrogen-bond acceptors (Lipinski definition) is 3. The molecule has 0 unspecified atom stereocenters. The molecule has 0 amide bonds. The van der Waals surface area contributed by atoms with E-state index >= 15 is 0 Å². The maximum atomic E-state index is 5.51. The Balaban J connectivity index is 1.87. The van der Waals surface area contributed by atoms with Crippen molar-refractivity contribution in [3.8, 4) is 5.75 Å². The SMILES string of the molecule is CCOc1cccc(CNCc2sccc2CC)c1. The molecule has 0 saturated carbocycles. The fourth-order valence-electron chi connectivity index (χ4n) is 2.07. The first-order valence-corrected chi connectivity index (χ1v) is 7.69. The Morgan fingerprint density at radius 3 is 2.84 bits per heavy atom. The van der Waals surface area contributed by atoms with E-state index in [-0.39, 0.29) is 0 Å². The lowest BCUT2D eigenvalue weighted by atomic mass is 10.2. The first-order valence-electron chi connectivity index (χ1n) is 6.81. The van der Waals surface area contributed by atoms with Gasteiger partial charge >= 0.3 is 0 Å². The summed E-state index contributed by atoms with van der Waals surface area (Å²) in [5.41, 5.74) is 2.72. The van der Waals surface area contributed by atoms with Gasteiger partial charge < -0.3 is 10.1 Å². The second-order valence-electron chi connectivity index (χ2n) is 4.41. The number of rotatable bonds is 7. The second-order valence-corrected chi connectivity index (χ2v) is 5.41. The van der Waals surface area contributed by atoms with Gasteiger partial charge in [-0.3, -0.25) is 0 Å². The number of ether oxygens (including phenoxy) is 1. The Morgan fingerprint density at radius 2 is 2.05 bits per heavy atom. The molecule has 1 aromatic carbocycles. The molecule has 0 radical (unpaired) electrons. The fourth-order valence-corrected chi connectivity index (χ4v) is 3.02. The summed E-state index contributed by atoms with van der Waals surface area (Å²) in [5, 5.41) is 5.68. The molecule has 2 aromatic rings. The maximum absolute atomic E-state index is 5.51. The van der Waals surface area contributed by atoms with Crippen molar-refractivity contribution in [1.82, 2.24) is 5.32 Å². The summed E-state index contributed by atoms with van der Waals surface area (Å²) >= 11 is 1.83. The third-order valence-electron chi connectivity index (χ3n) is 3.04. The smallest absolute Gasteiger partial charge is 0.119 e. The van der Waals surface area contributed by atoms with Crippen molar-refractivity contribution in [3.63, 3.8) is 0 Å². The van der Waals surface area contributed by atoms with Gasteiger partial charge in [0.25, 0.3) is 0 Å². The van der Waals surface area contributed by atoms with Crippen LogP contribution in [0.15, 0.2) is 35.7 Å². The lowest BCUT2D eigenvalue weighted by Crippen LogP contribution is -2.12. The van der Waals surface area contributed by atoms with E-state index in [9.17, 15) is 0 Å². The molecule has 0 saturated heterocycles. The Hall–Kier alpha value is -1.32. The van der Waals surface area contributed by atoms with Gasteiger partial charge in [0.15, 0.2) is 0 Å². The summed E-state index contributed by atoms with van der Waals surface area (Å²) in [6, 6.07) is 10.5. The van der Waals surface area contributed by atoms with Gasteiger partial charge in [-0.1, -0.05) is 19.1 Å². The molecule has 0 spiro atoms. The predicted octanol–water partition coefficient (Wildman–Crippen LogP) is 4.00. The highest BCUT2D eigenvalue weighted by atomic mass is 32.1. The van der Waals surface area contributed by atoms with Gasteiger partial charge in [0.1, 0.15) is 5.75 Å².